The third kappa shape index (κ3) is 2.47. The van der Waals surface area contributed by atoms with Crippen LogP contribution in [0.25, 0.3) is 0 Å². The maximum absolute atomic E-state index is 3.62. The average Bonchev–Trinajstić information content (AvgIpc) is 3.08. The quantitative estimate of drug-likeness (QED) is 0.836. The largest absolute Gasteiger partial charge is 0.371 e. The zero-order valence-corrected chi connectivity index (χ0v) is 10.7. The molecule has 2 fully saturated rings. The summed E-state index contributed by atoms with van der Waals surface area (Å²) in [5, 5.41) is 3.62. The SMILES string of the molecule is CN(c1ccccc1CNC1CC1)C1CCC1. The summed E-state index contributed by atoms with van der Waals surface area (Å²) >= 11 is 0. The van der Waals surface area contributed by atoms with Gasteiger partial charge in [0.25, 0.3) is 0 Å². The van der Waals surface area contributed by atoms with Crippen LogP contribution in [-0.2, 0) is 6.54 Å². The topological polar surface area (TPSA) is 15.3 Å². The molecule has 0 aliphatic heterocycles. The molecule has 0 aromatic heterocycles. The van der Waals surface area contributed by atoms with Crippen molar-refractivity contribution in [3.05, 3.63) is 29.8 Å². The molecule has 0 spiro atoms. The molecule has 0 radical (unpaired) electrons. The lowest BCUT2D eigenvalue weighted by Crippen LogP contribution is -2.37. The normalized spacial score (nSPS) is 20.1. The van der Waals surface area contributed by atoms with Gasteiger partial charge in [-0.1, -0.05) is 18.2 Å². The van der Waals surface area contributed by atoms with Gasteiger partial charge in [-0.2, -0.15) is 0 Å². The Morgan fingerprint density at radius 3 is 2.59 bits per heavy atom. The highest BCUT2D eigenvalue weighted by molar-refractivity contribution is 5.54. The van der Waals surface area contributed by atoms with Gasteiger partial charge in [-0.25, -0.2) is 0 Å². The third-order valence-corrected chi connectivity index (χ3v) is 4.15. The van der Waals surface area contributed by atoms with E-state index in [1.165, 1.54) is 43.4 Å². The van der Waals surface area contributed by atoms with E-state index in [-0.39, 0.29) is 0 Å². The first-order valence-corrected chi connectivity index (χ1v) is 6.89. The van der Waals surface area contributed by atoms with Crippen molar-refractivity contribution in [1.82, 2.24) is 5.32 Å². The van der Waals surface area contributed by atoms with Gasteiger partial charge in [0.2, 0.25) is 0 Å². The standard InChI is InChI=1S/C15H22N2/c1-17(14-6-4-7-14)15-8-3-2-5-12(15)11-16-13-9-10-13/h2-3,5,8,13-14,16H,4,6-7,9-11H2,1H3. The fraction of sp³-hybridized carbons (Fsp3) is 0.600. The molecule has 0 atom stereocenters. The Kier molecular flexibility index (Phi) is 3.06. The van der Waals surface area contributed by atoms with Gasteiger partial charge in [0.15, 0.2) is 0 Å². The Labute approximate surface area is 104 Å². The lowest BCUT2D eigenvalue weighted by Gasteiger charge is -2.37. The maximum Gasteiger partial charge on any atom is 0.0411 e. The second-order valence-electron chi connectivity index (χ2n) is 5.48. The minimum absolute atomic E-state index is 0.775. The van der Waals surface area contributed by atoms with Crippen LogP contribution in [0.15, 0.2) is 24.3 Å². The van der Waals surface area contributed by atoms with E-state index in [4.69, 9.17) is 0 Å². The van der Waals surface area contributed by atoms with E-state index in [9.17, 15) is 0 Å². The highest BCUT2D eigenvalue weighted by atomic mass is 15.1. The van der Waals surface area contributed by atoms with Crippen LogP contribution in [0.2, 0.25) is 0 Å². The van der Waals surface area contributed by atoms with E-state index in [2.05, 4.69) is 41.5 Å². The zero-order chi connectivity index (χ0) is 11.7. The van der Waals surface area contributed by atoms with E-state index < -0.39 is 0 Å². The molecule has 17 heavy (non-hydrogen) atoms. The summed E-state index contributed by atoms with van der Waals surface area (Å²) in [4.78, 5) is 2.48. The number of nitrogens with zero attached hydrogens (tertiary/aromatic N) is 1. The first kappa shape index (κ1) is 11.1. The van der Waals surface area contributed by atoms with Crippen LogP contribution in [0.4, 0.5) is 5.69 Å². The van der Waals surface area contributed by atoms with E-state index >= 15 is 0 Å². The van der Waals surface area contributed by atoms with E-state index in [1.807, 2.05) is 0 Å². The average molecular weight is 230 g/mol. The molecular formula is C15H22N2. The molecule has 2 heteroatoms. The van der Waals surface area contributed by atoms with Crippen LogP contribution >= 0.6 is 0 Å². The molecule has 2 saturated carbocycles. The van der Waals surface area contributed by atoms with E-state index in [0.29, 0.717) is 0 Å². The third-order valence-electron chi connectivity index (χ3n) is 4.15. The fourth-order valence-electron chi connectivity index (χ4n) is 2.52. The number of para-hydroxylation sites is 1. The van der Waals surface area contributed by atoms with Crippen molar-refractivity contribution in [2.45, 2.75) is 50.7 Å². The molecule has 1 N–H and O–H groups in total. The molecule has 0 heterocycles. The van der Waals surface area contributed by atoms with Crippen LogP contribution in [0.5, 0.6) is 0 Å². The van der Waals surface area contributed by atoms with E-state index in [1.54, 1.807) is 0 Å². The Bertz CT molecular complexity index is 380. The van der Waals surface area contributed by atoms with Gasteiger partial charge in [-0.3, -0.25) is 0 Å². The minimum atomic E-state index is 0.775. The fourth-order valence-corrected chi connectivity index (χ4v) is 2.52. The molecule has 92 valence electrons. The number of hydrogen-bond donors (Lipinski definition) is 1. The van der Waals surface area contributed by atoms with Crippen molar-refractivity contribution < 1.29 is 0 Å². The highest BCUT2D eigenvalue weighted by Gasteiger charge is 2.24. The molecule has 2 aliphatic rings. The molecule has 2 aliphatic carbocycles. The molecule has 2 nitrogen and oxygen atoms in total. The second-order valence-corrected chi connectivity index (χ2v) is 5.48. The molecule has 3 rings (SSSR count). The number of anilines is 1. The van der Waals surface area contributed by atoms with Crippen molar-refractivity contribution in [2.75, 3.05) is 11.9 Å². The lowest BCUT2D eigenvalue weighted by molar-refractivity contribution is 0.400. The Hall–Kier alpha value is -1.02. The van der Waals surface area contributed by atoms with Crippen LogP contribution < -0.4 is 10.2 Å². The summed E-state index contributed by atoms with van der Waals surface area (Å²) in [6, 6.07) is 10.4. The van der Waals surface area contributed by atoms with Gasteiger partial charge in [-0.15, -0.1) is 0 Å². The van der Waals surface area contributed by atoms with Crippen LogP contribution in [0.1, 0.15) is 37.7 Å². The molecule has 0 unspecified atom stereocenters. The van der Waals surface area contributed by atoms with Gasteiger partial charge in [0.05, 0.1) is 0 Å². The zero-order valence-electron chi connectivity index (χ0n) is 10.7. The van der Waals surface area contributed by atoms with Crippen molar-refractivity contribution in [1.29, 1.82) is 0 Å². The predicted molar refractivity (Wildman–Crippen MR) is 72.3 cm³/mol. The van der Waals surface area contributed by atoms with Gasteiger partial charge >= 0.3 is 0 Å². The number of nitrogens with one attached hydrogen (secondary N) is 1. The highest BCUT2D eigenvalue weighted by Crippen LogP contribution is 2.30. The smallest absolute Gasteiger partial charge is 0.0411 e. The Balaban J connectivity index is 1.71. The van der Waals surface area contributed by atoms with Gasteiger partial charge in [-0.05, 0) is 43.7 Å². The number of benzene rings is 1. The number of hydrogen-bond acceptors (Lipinski definition) is 2. The number of rotatable bonds is 5. The predicted octanol–water partition coefficient (Wildman–Crippen LogP) is 2.93. The Morgan fingerprint density at radius 2 is 1.94 bits per heavy atom. The van der Waals surface area contributed by atoms with Gasteiger partial charge in [0, 0.05) is 31.4 Å². The molecule has 0 saturated heterocycles. The van der Waals surface area contributed by atoms with Crippen LogP contribution in [0, 0.1) is 0 Å². The first-order valence-electron chi connectivity index (χ1n) is 6.89. The molecular weight excluding hydrogens is 208 g/mol. The molecule has 1 aromatic carbocycles. The molecule has 0 amide bonds. The van der Waals surface area contributed by atoms with Crippen LogP contribution in [0.3, 0.4) is 0 Å². The lowest BCUT2D eigenvalue weighted by atomic mass is 9.91. The van der Waals surface area contributed by atoms with Crippen molar-refractivity contribution in [2.24, 2.45) is 0 Å². The molecule has 0 bridgehead atoms. The maximum atomic E-state index is 3.62. The summed E-state index contributed by atoms with van der Waals surface area (Å²) in [6.07, 6.45) is 6.85. The summed E-state index contributed by atoms with van der Waals surface area (Å²) in [7, 11) is 2.25. The summed E-state index contributed by atoms with van der Waals surface area (Å²) in [5.41, 5.74) is 2.87. The van der Waals surface area contributed by atoms with E-state index in [0.717, 1.165) is 18.6 Å². The summed E-state index contributed by atoms with van der Waals surface area (Å²) < 4.78 is 0. The Morgan fingerprint density at radius 1 is 1.18 bits per heavy atom. The van der Waals surface area contributed by atoms with Crippen LogP contribution in [-0.4, -0.2) is 19.1 Å². The van der Waals surface area contributed by atoms with Crippen molar-refractivity contribution in [3.63, 3.8) is 0 Å². The van der Waals surface area contributed by atoms with Crippen molar-refractivity contribution in [3.8, 4) is 0 Å². The second kappa shape index (κ2) is 4.69. The van der Waals surface area contributed by atoms with Gasteiger partial charge in [0.1, 0.15) is 0 Å². The monoisotopic (exact) mass is 230 g/mol. The summed E-state index contributed by atoms with van der Waals surface area (Å²) in [6.45, 7) is 1.03. The van der Waals surface area contributed by atoms with Crippen molar-refractivity contribution >= 4 is 5.69 Å². The minimum Gasteiger partial charge on any atom is -0.371 e. The molecule has 1 aromatic rings. The first-order chi connectivity index (χ1) is 8.34. The summed E-state index contributed by atoms with van der Waals surface area (Å²) in [5.74, 6) is 0. The van der Waals surface area contributed by atoms with Gasteiger partial charge < -0.3 is 10.2 Å².